The Bertz CT molecular complexity index is 866. The van der Waals surface area contributed by atoms with Crippen molar-refractivity contribution in [1.82, 2.24) is 0 Å². The summed E-state index contributed by atoms with van der Waals surface area (Å²) in [4.78, 5) is 22.0. The van der Waals surface area contributed by atoms with Gasteiger partial charge in [0.2, 0.25) is 0 Å². The van der Waals surface area contributed by atoms with Gasteiger partial charge in [-0.1, -0.05) is 0 Å². The summed E-state index contributed by atoms with van der Waals surface area (Å²) in [5, 5.41) is 25.4. The van der Waals surface area contributed by atoms with E-state index in [9.17, 15) is 20.0 Å². The van der Waals surface area contributed by atoms with Crippen LogP contribution in [0.2, 0.25) is 0 Å². The number of nitrogens with zero attached hydrogens (tertiary/aromatic N) is 1. The Kier molecular flexibility index (Phi) is 4.05. The number of benzene rings is 2. The fourth-order valence-electron chi connectivity index (χ4n) is 2.66. The van der Waals surface area contributed by atoms with Gasteiger partial charge in [0.05, 0.1) is 36.4 Å². The number of nitro groups is 1. The van der Waals surface area contributed by atoms with E-state index in [4.69, 9.17) is 14.2 Å². The van der Waals surface area contributed by atoms with Gasteiger partial charge in [-0.05, 0) is 18.2 Å². The molecule has 0 fully saturated rings. The van der Waals surface area contributed by atoms with E-state index in [1.165, 1.54) is 44.6 Å². The standard InChI is InChI=1S/C16H14N2O7/c1-23-12-6-4-9(13(16(19)20)14(12)24-2)15-17-10-7-8(18(21)22)3-5-11(10)25-15/h3-7,15,17H,1-2H3,(H,19,20)/p-1/t15-/m0/s1. The lowest BCUT2D eigenvalue weighted by molar-refractivity contribution is -0.384. The predicted molar refractivity (Wildman–Crippen MR) is 84.0 cm³/mol. The third-order valence-corrected chi connectivity index (χ3v) is 3.77. The molecule has 0 saturated carbocycles. The van der Waals surface area contributed by atoms with Gasteiger partial charge >= 0.3 is 0 Å². The van der Waals surface area contributed by atoms with E-state index in [-0.39, 0.29) is 28.3 Å². The van der Waals surface area contributed by atoms with Crippen molar-refractivity contribution >= 4 is 17.3 Å². The summed E-state index contributed by atoms with van der Waals surface area (Å²) in [6.45, 7) is 0. The molecule has 1 atom stereocenters. The van der Waals surface area contributed by atoms with Gasteiger partial charge in [-0.3, -0.25) is 10.1 Å². The maximum Gasteiger partial charge on any atom is 0.271 e. The molecule has 0 spiro atoms. The van der Waals surface area contributed by atoms with Gasteiger partial charge in [0.25, 0.3) is 5.69 Å². The molecule has 0 aromatic heterocycles. The first-order valence-electron chi connectivity index (χ1n) is 7.14. The highest BCUT2D eigenvalue weighted by atomic mass is 16.6. The van der Waals surface area contributed by atoms with Crippen LogP contribution in [-0.4, -0.2) is 25.1 Å². The third-order valence-electron chi connectivity index (χ3n) is 3.77. The van der Waals surface area contributed by atoms with Crippen molar-refractivity contribution in [2.45, 2.75) is 6.23 Å². The third kappa shape index (κ3) is 2.75. The fraction of sp³-hybridized carbons (Fsp3) is 0.188. The van der Waals surface area contributed by atoms with Gasteiger partial charge in [0, 0.05) is 17.7 Å². The van der Waals surface area contributed by atoms with E-state index in [1.807, 2.05) is 0 Å². The van der Waals surface area contributed by atoms with E-state index in [0.717, 1.165) is 0 Å². The average Bonchev–Trinajstić information content (AvgIpc) is 3.02. The zero-order valence-corrected chi connectivity index (χ0v) is 13.3. The molecule has 0 radical (unpaired) electrons. The van der Waals surface area contributed by atoms with Crippen molar-refractivity contribution in [2.24, 2.45) is 0 Å². The number of carbonyl (C=O) groups is 1. The van der Waals surface area contributed by atoms with E-state index in [0.29, 0.717) is 11.4 Å². The molecule has 9 nitrogen and oxygen atoms in total. The average molecular weight is 345 g/mol. The number of nitro benzene ring substituents is 1. The molecule has 2 aromatic rings. The Hall–Kier alpha value is -3.49. The van der Waals surface area contributed by atoms with Gasteiger partial charge in [-0.15, -0.1) is 0 Å². The van der Waals surface area contributed by atoms with Crippen LogP contribution in [0.25, 0.3) is 0 Å². The number of ether oxygens (including phenoxy) is 3. The number of non-ortho nitro benzene ring substituents is 1. The topological polar surface area (TPSA) is 123 Å². The molecular formula is C16H13N2O7-. The maximum atomic E-state index is 11.6. The summed E-state index contributed by atoms with van der Waals surface area (Å²) < 4.78 is 15.9. The summed E-state index contributed by atoms with van der Waals surface area (Å²) in [5.41, 5.74) is 0.305. The van der Waals surface area contributed by atoms with Crippen LogP contribution in [0.1, 0.15) is 22.1 Å². The molecule has 9 heteroatoms. The molecule has 0 saturated heterocycles. The van der Waals surface area contributed by atoms with Crippen LogP contribution in [0.4, 0.5) is 11.4 Å². The number of anilines is 1. The largest absolute Gasteiger partial charge is 0.545 e. The van der Waals surface area contributed by atoms with Crippen LogP contribution in [0.3, 0.4) is 0 Å². The van der Waals surface area contributed by atoms with E-state index in [2.05, 4.69) is 5.32 Å². The molecule has 0 aliphatic carbocycles. The number of fused-ring (bicyclic) bond motifs is 1. The Balaban J connectivity index is 2.03. The minimum Gasteiger partial charge on any atom is -0.545 e. The van der Waals surface area contributed by atoms with Gasteiger partial charge in [0.1, 0.15) is 5.75 Å². The molecule has 1 heterocycles. The Morgan fingerprint density at radius 2 is 2.00 bits per heavy atom. The maximum absolute atomic E-state index is 11.6. The first-order chi connectivity index (χ1) is 12.0. The van der Waals surface area contributed by atoms with Crippen LogP contribution in [0.15, 0.2) is 30.3 Å². The Labute approximate surface area is 141 Å². The van der Waals surface area contributed by atoms with Crippen molar-refractivity contribution in [1.29, 1.82) is 0 Å². The molecule has 0 bridgehead atoms. The SMILES string of the molecule is COc1ccc([C@H]2Nc3cc([N+](=O)[O-])ccc3O2)c(C(=O)[O-])c1OC. The van der Waals surface area contributed by atoms with Crippen molar-refractivity contribution < 1.29 is 29.0 Å². The molecule has 130 valence electrons. The van der Waals surface area contributed by atoms with Crippen LogP contribution in [0.5, 0.6) is 17.2 Å². The highest BCUT2D eigenvalue weighted by Gasteiger charge is 2.29. The number of methoxy groups -OCH3 is 2. The first kappa shape index (κ1) is 16.4. The summed E-state index contributed by atoms with van der Waals surface area (Å²) in [5.74, 6) is -0.850. The number of carbonyl (C=O) groups excluding carboxylic acids is 1. The van der Waals surface area contributed by atoms with Crippen molar-refractivity contribution in [3.8, 4) is 17.2 Å². The van der Waals surface area contributed by atoms with Crippen molar-refractivity contribution in [3.05, 3.63) is 51.6 Å². The van der Waals surface area contributed by atoms with E-state index >= 15 is 0 Å². The number of carboxylic acid groups (broad SMARTS) is 1. The molecule has 25 heavy (non-hydrogen) atoms. The number of carboxylic acids is 1. The predicted octanol–water partition coefficient (Wildman–Crippen LogP) is 1.48. The van der Waals surface area contributed by atoms with Crippen molar-refractivity contribution in [3.63, 3.8) is 0 Å². The molecule has 1 aliphatic rings. The van der Waals surface area contributed by atoms with E-state index < -0.39 is 17.1 Å². The first-order valence-corrected chi connectivity index (χ1v) is 7.14. The van der Waals surface area contributed by atoms with Crippen LogP contribution in [0, 0.1) is 10.1 Å². The normalized spacial score (nSPS) is 14.9. The minimum absolute atomic E-state index is 0.00679. The molecular weight excluding hydrogens is 332 g/mol. The molecule has 3 rings (SSSR count). The lowest BCUT2D eigenvalue weighted by Gasteiger charge is -2.21. The van der Waals surface area contributed by atoms with Crippen LogP contribution < -0.4 is 24.6 Å². The Morgan fingerprint density at radius 1 is 1.24 bits per heavy atom. The van der Waals surface area contributed by atoms with Crippen molar-refractivity contribution in [2.75, 3.05) is 19.5 Å². The second-order valence-corrected chi connectivity index (χ2v) is 5.13. The Morgan fingerprint density at radius 3 is 2.60 bits per heavy atom. The lowest BCUT2D eigenvalue weighted by Crippen LogP contribution is -2.27. The van der Waals surface area contributed by atoms with Gasteiger partial charge < -0.3 is 29.4 Å². The minimum atomic E-state index is -1.46. The molecule has 0 unspecified atom stereocenters. The number of rotatable bonds is 5. The zero-order valence-electron chi connectivity index (χ0n) is 13.3. The van der Waals surface area contributed by atoms with E-state index in [1.54, 1.807) is 0 Å². The number of hydrogen-bond donors (Lipinski definition) is 1. The summed E-state index contributed by atoms with van der Waals surface area (Å²) in [7, 11) is 2.70. The quantitative estimate of drug-likeness (QED) is 0.638. The highest BCUT2D eigenvalue weighted by molar-refractivity contribution is 5.93. The highest BCUT2D eigenvalue weighted by Crippen LogP contribution is 2.43. The van der Waals surface area contributed by atoms with Gasteiger partial charge in [-0.2, -0.15) is 0 Å². The van der Waals surface area contributed by atoms with Gasteiger partial charge in [-0.25, -0.2) is 0 Å². The molecule has 1 N–H and O–H groups in total. The molecule has 1 aliphatic heterocycles. The summed E-state index contributed by atoms with van der Waals surface area (Å²) >= 11 is 0. The zero-order chi connectivity index (χ0) is 18.1. The number of aromatic carboxylic acids is 1. The second-order valence-electron chi connectivity index (χ2n) is 5.13. The number of hydrogen-bond acceptors (Lipinski definition) is 8. The fourth-order valence-corrected chi connectivity index (χ4v) is 2.66. The van der Waals surface area contributed by atoms with Crippen LogP contribution in [-0.2, 0) is 0 Å². The van der Waals surface area contributed by atoms with Crippen LogP contribution >= 0.6 is 0 Å². The summed E-state index contributed by atoms with van der Waals surface area (Å²) in [6.07, 6.45) is -0.871. The molecule has 2 aromatic carbocycles. The monoisotopic (exact) mass is 345 g/mol. The molecule has 0 amide bonds. The second kappa shape index (κ2) is 6.19. The number of nitrogens with one attached hydrogen (secondary N) is 1. The smallest absolute Gasteiger partial charge is 0.271 e. The summed E-state index contributed by atoms with van der Waals surface area (Å²) in [6, 6.07) is 7.10. The van der Waals surface area contributed by atoms with Gasteiger partial charge in [0.15, 0.2) is 17.7 Å². The lowest BCUT2D eigenvalue weighted by atomic mass is 10.0.